The number of fused-ring (bicyclic) bond motifs is 2. The number of nitrogens with one attached hydrogen (secondary N) is 2. The summed E-state index contributed by atoms with van der Waals surface area (Å²) in [7, 11) is 0. The molecule has 0 spiro atoms. The Balaban J connectivity index is 1.36. The fourth-order valence-electron chi connectivity index (χ4n) is 4.08. The number of H-pyrrole nitrogens is 1. The summed E-state index contributed by atoms with van der Waals surface area (Å²) in [5, 5.41) is 18.0. The molecule has 16 heteroatoms. The number of non-ortho nitro benzene ring substituents is 1. The van der Waals surface area contributed by atoms with E-state index < -0.39 is 11.5 Å². The Morgan fingerprint density at radius 1 is 1.22 bits per heavy atom. The fourth-order valence-corrected chi connectivity index (χ4v) is 4.08. The van der Waals surface area contributed by atoms with Crippen LogP contribution in [0, 0.1) is 10.1 Å². The maximum Gasteiger partial charge on any atom is 0.333 e. The number of aromatic amines is 1. The van der Waals surface area contributed by atoms with Crippen molar-refractivity contribution in [2.24, 2.45) is 0 Å². The molecule has 5 aromatic rings. The van der Waals surface area contributed by atoms with Gasteiger partial charge in [0.15, 0.2) is 17.0 Å². The molecule has 5 heterocycles. The van der Waals surface area contributed by atoms with Gasteiger partial charge in [0.05, 0.1) is 53.8 Å². The van der Waals surface area contributed by atoms with Crippen molar-refractivity contribution < 1.29 is 18.4 Å². The second-order valence-corrected chi connectivity index (χ2v) is 8.21. The molecular formula is C21H19F2N11O3. The molecule has 1 aromatic carbocycles. The molecule has 1 fully saturated rings. The van der Waals surface area contributed by atoms with Crippen LogP contribution in [-0.2, 0) is 11.3 Å². The van der Waals surface area contributed by atoms with Crippen molar-refractivity contribution in [1.29, 1.82) is 0 Å². The summed E-state index contributed by atoms with van der Waals surface area (Å²) >= 11 is 0. The molecule has 0 saturated carbocycles. The number of nitro benzene ring substituents is 1. The number of hydrogen-bond donors (Lipinski definition) is 2. The Hall–Kier alpha value is -4.73. The number of aromatic nitrogens is 8. The lowest BCUT2D eigenvalue weighted by Crippen LogP contribution is -2.37. The van der Waals surface area contributed by atoms with Crippen LogP contribution >= 0.6 is 0 Å². The van der Waals surface area contributed by atoms with Crippen molar-refractivity contribution in [3.63, 3.8) is 0 Å². The van der Waals surface area contributed by atoms with Crippen LogP contribution in [0.25, 0.3) is 27.9 Å². The first kappa shape index (κ1) is 22.7. The lowest BCUT2D eigenvalue weighted by Gasteiger charge is -2.27. The minimum Gasteiger partial charge on any atom is -0.378 e. The molecule has 0 aliphatic carbocycles. The van der Waals surface area contributed by atoms with Gasteiger partial charge in [-0.15, -0.1) is 0 Å². The zero-order chi connectivity index (χ0) is 25.5. The van der Waals surface area contributed by atoms with Crippen LogP contribution in [0.3, 0.4) is 0 Å². The number of nitro groups is 1. The second-order valence-electron chi connectivity index (χ2n) is 8.21. The summed E-state index contributed by atoms with van der Waals surface area (Å²) < 4.78 is 33.7. The van der Waals surface area contributed by atoms with Crippen LogP contribution in [-0.4, -0.2) is 70.5 Å². The van der Waals surface area contributed by atoms with Gasteiger partial charge in [-0.2, -0.15) is 23.8 Å². The zero-order valence-electron chi connectivity index (χ0n) is 19.1. The molecule has 0 radical (unpaired) electrons. The summed E-state index contributed by atoms with van der Waals surface area (Å²) in [5.41, 5.74) is 2.29. The number of anilines is 2. The van der Waals surface area contributed by atoms with Crippen molar-refractivity contribution in [3.05, 3.63) is 52.9 Å². The van der Waals surface area contributed by atoms with Crippen molar-refractivity contribution in [3.8, 4) is 5.69 Å². The maximum atomic E-state index is 13.1. The Morgan fingerprint density at radius 3 is 2.81 bits per heavy atom. The number of imidazole rings is 2. The van der Waals surface area contributed by atoms with E-state index in [0.717, 1.165) is 0 Å². The van der Waals surface area contributed by atoms with Gasteiger partial charge in [0.2, 0.25) is 5.95 Å². The molecule has 4 aromatic heterocycles. The maximum absolute atomic E-state index is 13.1. The number of hydrogen-bond acceptors (Lipinski definition) is 10. The fraction of sp³-hybridized carbons (Fsp3) is 0.286. The first-order chi connectivity index (χ1) is 18.0. The van der Waals surface area contributed by atoms with E-state index >= 15 is 0 Å². The molecule has 1 saturated heterocycles. The van der Waals surface area contributed by atoms with Gasteiger partial charge in [-0.3, -0.25) is 14.7 Å². The van der Waals surface area contributed by atoms with Crippen LogP contribution in [0.5, 0.6) is 0 Å². The SMILES string of the molecule is O=[N+]([O-])c1ccc2nc(CNc3nc(N4CCOCC4)nc4c3ncn4-c3cnn(C(F)F)c3)[nH]c2c1. The third-order valence-electron chi connectivity index (χ3n) is 5.89. The van der Waals surface area contributed by atoms with Crippen molar-refractivity contribution in [2.75, 3.05) is 36.5 Å². The number of ether oxygens (including phenoxy) is 1. The predicted octanol–water partition coefficient (Wildman–Crippen LogP) is 2.64. The van der Waals surface area contributed by atoms with Crippen LogP contribution in [0.1, 0.15) is 12.4 Å². The van der Waals surface area contributed by atoms with E-state index in [1.165, 1.54) is 30.9 Å². The summed E-state index contributed by atoms with van der Waals surface area (Å²) in [6.07, 6.45) is 3.99. The number of rotatable bonds is 7. The van der Waals surface area contributed by atoms with E-state index in [0.29, 0.717) is 76.5 Å². The Labute approximate surface area is 206 Å². The summed E-state index contributed by atoms with van der Waals surface area (Å²) in [5.74, 6) is 1.38. The molecule has 0 bridgehead atoms. The van der Waals surface area contributed by atoms with E-state index in [9.17, 15) is 18.9 Å². The topological polar surface area (TPSA) is 158 Å². The van der Waals surface area contributed by atoms with Gasteiger partial charge in [0, 0.05) is 25.2 Å². The highest BCUT2D eigenvalue weighted by atomic mass is 19.3. The molecular weight excluding hydrogens is 492 g/mol. The quantitative estimate of drug-likeness (QED) is 0.246. The largest absolute Gasteiger partial charge is 0.378 e. The van der Waals surface area contributed by atoms with E-state index in [1.807, 2.05) is 4.90 Å². The van der Waals surface area contributed by atoms with Gasteiger partial charge in [0.1, 0.15) is 12.2 Å². The van der Waals surface area contributed by atoms with Crippen LogP contribution in [0.4, 0.5) is 26.2 Å². The number of halogens is 2. The van der Waals surface area contributed by atoms with Crippen molar-refractivity contribution >= 4 is 39.7 Å². The van der Waals surface area contributed by atoms with Gasteiger partial charge < -0.3 is 19.9 Å². The molecule has 0 unspecified atom stereocenters. The van der Waals surface area contributed by atoms with E-state index in [-0.39, 0.29) is 12.2 Å². The second kappa shape index (κ2) is 9.05. The van der Waals surface area contributed by atoms with Crippen molar-refractivity contribution in [2.45, 2.75) is 13.1 Å². The van der Waals surface area contributed by atoms with Crippen LogP contribution < -0.4 is 10.2 Å². The standard InChI is InChI=1S/C21H19F2N11O3/c22-20(23)33-10-13(8-26-33)32-11-25-17-18(29-21(30-19(17)32)31-3-5-37-6-4-31)24-9-16-27-14-2-1-12(34(35)36)7-15(14)28-16/h1-2,7-8,10-11,20H,3-6,9H2,(H,27,28)(H,24,29,30). The molecule has 1 aliphatic rings. The Morgan fingerprint density at radius 2 is 2.05 bits per heavy atom. The van der Waals surface area contributed by atoms with Crippen molar-refractivity contribution in [1.82, 2.24) is 39.3 Å². The molecule has 2 N–H and O–H groups in total. The Bertz CT molecular complexity index is 1610. The van der Waals surface area contributed by atoms with E-state index in [2.05, 4.69) is 35.3 Å². The summed E-state index contributed by atoms with van der Waals surface area (Å²) in [4.78, 5) is 33.9. The predicted molar refractivity (Wildman–Crippen MR) is 127 cm³/mol. The molecule has 1 aliphatic heterocycles. The minimum absolute atomic E-state index is 0.0379. The minimum atomic E-state index is -2.77. The third kappa shape index (κ3) is 4.26. The molecule has 37 heavy (non-hydrogen) atoms. The van der Waals surface area contributed by atoms with Gasteiger partial charge in [-0.05, 0) is 6.07 Å². The van der Waals surface area contributed by atoms with Gasteiger partial charge >= 0.3 is 6.55 Å². The van der Waals surface area contributed by atoms with Gasteiger partial charge in [0.25, 0.3) is 5.69 Å². The molecule has 0 amide bonds. The highest BCUT2D eigenvalue weighted by Crippen LogP contribution is 2.26. The van der Waals surface area contributed by atoms with Crippen LogP contribution in [0.15, 0.2) is 36.9 Å². The Kier molecular flexibility index (Phi) is 5.56. The third-order valence-corrected chi connectivity index (χ3v) is 5.89. The van der Waals surface area contributed by atoms with E-state index in [1.54, 1.807) is 10.6 Å². The first-order valence-corrected chi connectivity index (χ1v) is 11.2. The van der Waals surface area contributed by atoms with Crippen LogP contribution in [0.2, 0.25) is 0 Å². The number of benzene rings is 1. The smallest absolute Gasteiger partial charge is 0.333 e. The normalized spacial score (nSPS) is 14.2. The van der Waals surface area contributed by atoms with Gasteiger partial charge in [-0.25, -0.2) is 14.6 Å². The van der Waals surface area contributed by atoms with E-state index in [4.69, 9.17) is 4.74 Å². The summed E-state index contributed by atoms with van der Waals surface area (Å²) in [6, 6.07) is 4.40. The molecule has 190 valence electrons. The lowest BCUT2D eigenvalue weighted by molar-refractivity contribution is -0.384. The average molecular weight is 511 g/mol. The van der Waals surface area contributed by atoms with Gasteiger partial charge in [-0.1, -0.05) is 0 Å². The number of alkyl halides is 2. The molecule has 0 atom stereocenters. The highest BCUT2D eigenvalue weighted by Gasteiger charge is 2.21. The molecule has 14 nitrogen and oxygen atoms in total. The molecule has 6 rings (SSSR count). The first-order valence-electron chi connectivity index (χ1n) is 11.2. The number of nitrogens with zero attached hydrogens (tertiary/aromatic N) is 9. The number of morpholine rings is 1. The average Bonchev–Trinajstić information content (AvgIpc) is 3.65. The zero-order valence-corrected chi connectivity index (χ0v) is 19.1. The monoisotopic (exact) mass is 511 g/mol. The highest BCUT2D eigenvalue weighted by molar-refractivity contribution is 5.85. The lowest BCUT2D eigenvalue weighted by atomic mass is 10.3. The summed E-state index contributed by atoms with van der Waals surface area (Å²) in [6.45, 7) is -0.335.